The van der Waals surface area contributed by atoms with Crippen LogP contribution >= 0.6 is 0 Å². The molecule has 0 atom stereocenters. The molecule has 2 N–H and O–H groups in total. The van der Waals surface area contributed by atoms with E-state index in [-0.39, 0.29) is 18.1 Å². The number of benzene rings is 1. The first-order valence-corrected chi connectivity index (χ1v) is 5.87. The molecule has 0 unspecified atom stereocenters. The zero-order valence-corrected chi connectivity index (χ0v) is 11.0. The van der Waals surface area contributed by atoms with Gasteiger partial charge in [0.25, 0.3) is 5.91 Å². The molecule has 0 aliphatic rings. The number of nitrogens with one attached hydrogen (secondary N) is 1. The predicted octanol–water partition coefficient (Wildman–Crippen LogP) is 2.19. The maximum atomic E-state index is 12.2. The van der Waals surface area contributed by atoms with Crippen LogP contribution in [0.4, 0.5) is 0 Å². The third-order valence-electron chi connectivity index (χ3n) is 2.90. The molecule has 0 bridgehead atoms. The third-order valence-corrected chi connectivity index (χ3v) is 2.90. The average Bonchev–Trinajstić information content (AvgIpc) is 2.15. The SMILES string of the molecule is Cc1cccc(C)c1C(=O)NC(C)(C)CCO. The molecule has 0 fully saturated rings. The monoisotopic (exact) mass is 235 g/mol. The summed E-state index contributed by atoms with van der Waals surface area (Å²) in [5.41, 5.74) is 2.30. The molecule has 0 aromatic heterocycles. The van der Waals surface area contributed by atoms with E-state index in [1.807, 2.05) is 45.9 Å². The van der Waals surface area contributed by atoms with E-state index in [0.717, 1.165) is 16.7 Å². The topological polar surface area (TPSA) is 49.3 Å². The zero-order valence-electron chi connectivity index (χ0n) is 11.0. The van der Waals surface area contributed by atoms with Crippen molar-refractivity contribution in [3.05, 3.63) is 34.9 Å². The zero-order chi connectivity index (χ0) is 13.1. The van der Waals surface area contributed by atoms with Crippen LogP contribution in [0.25, 0.3) is 0 Å². The summed E-state index contributed by atoms with van der Waals surface area (Å²) in [6.07, 6.45) is 0.545. The number of carbonyl (C=O) groups excluding carboxylic acids is 1. The van der Waals surface area contributed by atoms with Gasteiger partial charge in [-0.1, -0.05) is 18.2 Å². The minimum Gasteiger partial charge on any atom is -0.396 e. The highest BCUT2D eigenvalue weighted by Gasteiger charge is 2.22. The summed E-state index contributed by atoms with van der Waals surface area (Å²) in [5, 5.41) is 11.9. The normalized spacial score (nSPS) is 11.4. The molecule has 3 heteroatoms. The largest absolute Gasteiger partial charge is 0.396 e. The molecule has 17 heavy (non-hydrogen) atoms. The van der Waals surface area contributed by atoms with Crippen molar-refractivity contribution in [3.63, 3.8) is 0 Å². The van der Waals surface area contributed by atoms with Gasteiger partial charge in [0, 0.05) is 17.7 Å². The molecule has 0 saturated heterocycles. The van der Waals surface area contributed by atoms with Gasteiger partial charge in [-0.15, -0.1) is 0 Å². The Bertz CT molecular complexity index is 390. The Morgan fingerprint density at radius 3 is 2.29 bits per heavy atom. The Labute approximate surface area is 103 Å². The van der Waals surface area contributed by atoms with E-state index in [1.54, 1.807) is 0 Å². The van der Waals surface area contributed by atoms with E-state index in [1.165, 1.54) is 0 Å². The van der Waals surface area contributed by atoms with Gasteiger partial charge in [-0.05, 0) is 45.2 Å². The van der Waals surface area contributed by atoms with Crippen LogP contribution in [-0.4, -0.2) is 23.2 Å². The lowest BCUT2D eigenvalue weighted by molar-refractivity contribution is 0.0898. The lowest BCUT2D eigenvalue weighted by Gasteiger charge is -2.26. The second kappa shape index (κ2) is 5.32. The summed E-state index contributed by atoms with van der Waals surface area (Å²) in [4.78, 5) is 12.2. The number of hydrogen-bond donors (Lipinski definition) is 2. The second-order valence-electron chi connectivity index (χ2n) is 5.08. The standard InChI is InChI=1S/C14H21NO2/c1-10-6-5-7-11(2)12(10)13(17)15-14(3,4)8-9-16/h5-7,16H,8-9H2,1-4H3,(H,15,17). The van der Waals surface area contributed by atoms with Gasteiger partial charge in [-0.3, -0.25) is 4.79 Å². The molecule has 0 aliphatic heterocycles. The van der Waals surface area contributed by atoms with Crippen molar-refractivity contribution < 1.29 is 9.90 Å². The maximum absolute atomic E-state index is 12.2. The van der Waals surface area contributed by atoms with Crippen molar-refractivity contribution in [2.75, 3.05) is 6.61 Å². The molecular weight excluding hydrogens is 214 g/mol. The molecule has 1 rings (SSSR count). The lowest BCUT2D eigenvalue weighted by atomic mass is 9.98. The number of aliphatic hydroxyl groups is 1. The highest BCUT2D eigenvalue weighted by atomic mass is 16.3. The highest BCUT2D eigenvalue weighted by molar-refractivity contribution is 5.97. The van der Waals surface area contributed by atoms with Gasteiger partial charge in [0.15, 0.2) is 0 Å². The average molecular weight is 235 g/mol. The quantitative estimate of drug-likeness (QED) is 0.840. The fraction of sp³-hybridized carbons (Fsp3) is 0.500. The van der Waals surface area contributed by atoms with E-state index < -0.39 is 0 Å². The molecule has 0 spiro atoms. The Morgan fingerprint density at radius 2 is 1.82 bits per heavy atom. The summed E-state index contributed by atoms with van der Waals surface area (Å²) in [7, 11) is 0. The number of aliphatic hydroxyl groups excluding tert-OH is 1. The van der Waals surface area contributed by atoms with Crippen molar-refractivity contribution in [1.82, 2.24) is 5.32 Å². The molecule has 1 amide bonds. The van der Waals surface area contributed by atoms with Crippen LogP contribution in [0, 0.1) is 13.8 Å². The molecule has 0 heterocycles. The first kappa shape index (κ1) is 13.7. The molecule has 94 valence electrons. The Morgan fingerprint density at radius 1 is 1.29 bits per heavy atom. The van der Waals surface area contributed by atoms with Gasteiger partial charge in [-0.25, -0.2) is 0 Å². The number of carbonyl (C=O) groups is 1. The fourth-order valence-corrected chi connectivity index (χ4v) is 1.88. The first-order valence-electron chi connectivity index (χ1n) is 5.87. The minimum absolute atomic E-state index is 0.0695. The van der Waals surface area contributed by atoms with Crippen LogP contribution in [-0.2, 0) is 0 Å². The number of rotatable bonds is 4. The molecule has 1 aromatic carbocycles. The predicted molar refractivity (Wildman–Crippen MR) is 69.2 cm³/mol. The lowest BCUT2D eigenvalue weighted by Crippen LogP contribution is -2.44. The van der Waals surface area contributed by atoms with Gasteiger partial charge < -0.3 is 10.4 Å². The van der Waals surface area contributed by atoms with Crippen LogP contribution in [0.3, 0.4) is 0 Å². The summed E-state index contributed by atoms with van der Waals surface area (Å²) in [5.74, 6) is -0.0703. The van der Waals surface area contributed by atoms with Gasteiger partial charge in [0.2, 0.25) is 0 Å². The number of aryl methyl sites for hydroxylation is 2. The molecule has 0 aliphatic carbocycles. The van der Waals surface area contributed by atoms with Crippen molar-refractivity contribution >= 4 is 5.91 Å². The Hall–Kier alpha value is -1.35. The van der Waals surface area contributed by atoms with Gasteiger partial charge >= 0.3 is 0 Å². The van der Waals surface area contributed by atoms with E-state index in [4.69, 9.17) is 5.11 Å². The smallest absolute Gasteiger partial charge is 0.252 e. The maximum Gasteiger partial charge on any atom is 0.252 e. The van der Waals surface area contributed by atoms with Gasteiger partial charge in [-0.2, -0.15) is 0 Å². The van der Waals surface area contributed by atoms with E-state index in [2.05, 4.69) is 5.32 Å². The molecular formula is C14H21NO2. The van der Waals surface area contributed by atoms with Crippen LogP contribution in [0.1, 0.15) is 41.8 Å². The van der Waals surface area contributed by atoms with Crippen molar-refractivity contribution in [1.29, 1.82) is 0 Å². The minimum atomic E-state index is -0.388. The number of amides is 1. The van der Waals surface area contributed by atoms with Gasteiger partial charge in [0.05, 0.1) is 0 Å². The summed E-state index contributed by atoms with van der Waals surface area (Å²) in [6, 6.07) is 5.81. The van der Waals surface area contributed by atoms with E-state index >= 15 is 0 Å². The molecule has 0 radical (unpaired) electrons. The van der Waals surface area contributed by atoms with Crippen LogP contribution < -0.4 is 5.32 Å². The Balaban J connectivity index is 2.91. The summed E-state index contributed by atoms with van der Waals surface area (Å²) >= 11 is 0. The van der Waals surface area contributed by atoms with Crippen molar-refractivity contribution in [2.45, 2.75) is 39.7 Å². The fourth-order valence-electron chi connectivity index (χ4n) is 1.88. The second-order valence-corrected chi connectivity index (χ2v) is 5.08. The van der Waals surface area contributed by atoms with E-state index in [9.17, 15) is 4.79 Å². The van der Waals surface area contributed by atoms with Crippen molar-refractivity contribution in [3.8, 4) is 0 Å². The van der Waals surface area contributed by atoms with Crippen LogP contribution in [0.5, 0.6) is 0 Å². The Kier molecular flexibility index (Phi) is 4.29. The van der Waals surface area contributed by atoms with Crippen molar-refractivity contribution in [2.24, 2.45) is 0 Å². The summed E-state index contributed by atoms with van der Waals surface area (Å²) < 4.78 is 0. The van der Waals surface area contributed by atoms with Crippen LogP contribution in [0.15, 0.2) is 18.2 Å². The van der Waals surface area contributed by atoms with E-state index in [0.29, 0.717) is 6.42 Å². The van der Waals surface area contributed by atoms with Crippen LogP contribution in [0.2, 0.25) is 0 Å². The first-order chi connectivity index (χ1) is 7.87. The van der Waals surface area contributed by atoms with Gasteiger partial charge in [0.1, 0.15) is 0 Å². The molecule has 0 saturated carbocycles. The number of hydrogen-bond acceptors (Lipinski definition) is 2. The third kappa shape index (κ3) is 3.56. The summed E-state index contributed by atoms with van der Waals surface area (Å²) in [6.45, 7) is 7.76. The highest BCUT2D eigenvalue weighted by Crippen LogP contribution is 2.15. The molecule has 1 aromatic rings. The molecule has 3 nitrogen and oxygen atoms in total.